The predicted octanol–water partition coefficient (Wildman–Crippen LogP) is 3.58. The average molecular weight is 442 g/mol. The number of likely N-dealkylation sites (tertiary alicyclic amines) is 1. The molecule has 8 heteroatoms. The number of benzene rings is 1. The molecule has 1 atom stereocenters. The Morgan fingerprint density at radius 2 is 1.96 bits per heavy atom. The molecular weight excluding hydrogens is 418 g/mol. The van der Waals surface area contributed by atoms with Crippen LogP contribution in [0.15, 0.2) is 22.7 Å². The summed E-state index contributed by atoms with van der Waals surface area (Å²) in [6.45, 7) is 5.29. The highest BCUT2D eigenvalue weighted by Crippen LogP contribution is 2.25. The van der Waals surface area contributed by atoms with E-state index >= 15 is 0 Å². The van der Waals surface area contributed by atoms with E-state index in [9.17, 15) is 14.4 Å². The first-order valence-corrected chi connectivity index (χ1v) is 9.44. The van der Waals surface area contributed by atoms with Gasteiger partial charge in [0, 0.05) is 11.0 Å². The molecule has 0 aliphatic carbocycles. The van der Waals surface area contributed by atoms with Gasteiger partial charge in [-0.25, -0.2) is 9.59 Å². The second-order valence-electron chi connectivity index (χ2n) is 7.21. The summed E-state index contributed by atoms with van der Waals surface area (Å²) in [5, 5.41) is 0. The zero-order valence-electron chi connectivity index (χ0n) is 15.9. The summed E-state index contributed by atoms with van der Waals surface area (Å²) in [6.07, 6.45) is 0.601. The first-order valence-electron chi connectivity index (χ1n) is 8.65. The predicted molar refractivity (Wildman–Crippen MR) is 102 cm³/mol. The number of methoxy groups -OCH3 is 1. The third-order valence-electron chi connectivity index (χ3n) is 3.96. The fourth-order valence-electron chi connectivity index (χ4n) is 2.76. The van der Waals surface area contributed by atoms with E-state index in [0.29, 0.717) is 30.7 Å². The van der Waals surface area contributed by atoms with Gasteiger partial charge in [-0.15, -0.1) is 0 Å². The summed E-state index contributed by atoms with van der Waals surface area (Å²) in [7, 11) is 1.46. The number of carbonyl (C=O) groups is 3. The van der Waals surface area contributed by atoms with Crippen LogP contribution in [0, 0.1) is 0 Å². The average Bonchev–Trinajstić information content (AvgIpc) is 3.07. The number of esters is 1. The molecule has 2 rings (SSSR count). The minimum Gasteiger partial charge on any atom is -0.496 e. The van der Waals surface area contributed by atoms with Crippen LogP contribution in [0.5, 0.6) is 5.75 Å². The van der Waals surface area contributed by atoms with Gasteiger partial charge in [-0.05, 0) is 51.8 Å². The van der Waals surface area contributed by atoms with Gasteiger partial charge in [-0.3, -0.25) is 9.69 Å². The van der Waals surface area contributed by atoms with Crippen molar-refractivity contribution in [2.75, 3.05) is 20.3 Å². The Hall–Kier alpha value is -2.09. The van der Waals surface area contributed by atoms with Crippen molar-refractivity contribution in [1.82, 2.24) is 4.90 Å². The molecule has 1 saturated heterocycles. The van der Waals surface area contributed by atoms with E-state index in [1.165, 1.54) is 12.0 Å². The van der Waals surface area contributed by atoms with Crippen molar-refractivity contribution >= 4 is 33.8 Å². The van der Waals surface area contributed by atoms with Crippen LogP contribution in [0.2, 0.25) is 0 Å². The molecule has 0 unspecified atom stereocenters. The van der Waals surface area contributed by atoms with Crippen molar-refractivity contribution in [2.45, 2.75) is 45.3 Å². The topological polar surface area (TPSA) is 82.1 Å². The molecule has 1 aromatic carbocycles. The number of halogens is 1. The summed E-state index contributed by atoms with van der Waals surface area (Å²) in [6, 6.07) is 4.23. The smallest absolute Gasteiger partial charge is 0.411 e. The minimum absolute atomic E-state index is 0.323. The SMILES string of the molecule is COc1cc(Br)ccc1C(=O)COC(=O)[C@@H]1CCCN1C(=O)OC(C)(C)C. The Morgan fingerprint density at radius 1 is 1.26 bits per heavy atom. The number of ketones is 1. The molecule has 1 heterocycles. The Morgan fingerprint density at radius 3 is 2.59 bits per heavy atom. The number of carbonyl (C=O) groups excluding carboxylic acids is 3. The number of amides is 1. The third-order valence-corrected chi connectivity index (χ3v) is 4.46. The zero-order valence-corrected chi connectivity index (χ0v) is 17.5. The van der Waals surface area contributed by atoms with Gasteiger partial charge in [0.2, 0.25) is 5.78 Å². The maximum atomic E-state index is 12.4. The standard InChI is InChI=1S/C19H24BrNO6/c1-19(2,3)27-18(24)21-9-5-6-14(21)17(23)26-11-15(22)13-8-7-12(20)10-16(13)25-4/h7-8,10,14H,5-6,9,11H2,1-4H3/t14-/m0/s1. The number of hydrogen-bond donors (Lipinski definition) is 0. The minimum atomic E-state index is -0.737. The van der Waals surface area contributed by atoms with E-state index < -0.39 is 30.3 Å². The van der Waals surface area contributed by atoms with E-state index in [0.717, 1.165) is 4.47 Å². The number of Topliss-reactive ketones (excluding diaryl/α,β-unsaturated/α-hetero) is 1. The van der Waals surface area contributed by atoms with Crippen molar-refractivity contribution in [3.05, 3.63) is 28.2 Å². The fraction of sp³-hybridized carbons (Fsp3) is 0.526. The second kappa shape index (κ2) is 8.73. The normalized spacial score (nSPS) is 16.8. The Balaban J connectivity index is 1.98. The van der Waals surface area contributed by atoms with Gasteiger partial charge in [0.15, 0.2) is 6.61 Å². The molecule has 1 aromatic rings. The van der Waals surface area contributed by atoms with Crippen molar-refractivity contribution in [3.8, 4) is 5.75 Å². The van der Waals surface area contributed by atoms with E-state index in [2.05, 4.69) is 15.9 Å². The Labute approximate surface area is 167 Å². The van der Waals surface area contributed by atoms with E-state index in [4.69, 9.17) is 14.2 Å². The van der Waals surface area contributed by atoms with E-state index in [1.54, 1.807) is 39.0 Å². The summed E-state index contributed by atoms with van der Waals surface area (Å²) in [4.78, 5) is 38.4. The van der Waals surface area contributed by atoms with Crippen LogP contribution in [0.25, 0.3) is 0 Å². The maximum absolute atomic E-state index is 12.4. The molecule has 1 aliphatic rings. The summed E-state index contributed by atoms with van der Waals surface area (Å²) in [5.74, 6) is -0.598. The first-order chi connectivity index (χ1) is 12.6. The fourth-order valence-corrected chi connectivity index (χ4v) is 3.10. The van der Waals surface area contributed by atoms with Crippen LogP contribution < -0.4 is 4.74 Å². The lowest BCUT2D eigenvalue weighted by Gasteiger charge is -2.27. The largest absolute Gasteiger partial charge is 0.496 e. The molecule has 0 radical (unpaired) electrons. The molecule has 0 bridgehead atoms. The van der Waals surface area contributed by atoms with Crippen molar-refractivity contribution in [3.63, 3.8) is 0 Å². The highest BCUT2D eigenvalue weighted by Gasteiger charge is 2.37. The third kappa shape index (κ3) is 5.69. The summed E-state index contributed by atoms with van der Waals surface area (Å²) >= 11 is 3.31. The van der Waals surface area contributed by atoms with Gasteiger partial charge < -0.3 is 14.2 Å². The number of ether oxygens (including phenoxy) is 3. The molecule has 0 aromatic heterocycles. The first kappa shape index (κ1) is 21.2. The monoisotopic (exact) mass is 441 g/mol. The van der Waals surface area contributed by atoms with Crippen LogP contribution in [0.4, 0.5) is 4.79 Å². The summed E-state index contributed by atoms with van der Waals surface area (Å²) < 4.78 is 16.5. The molecule has 1 aliphatic heterocycles. The molecule has 0 spiro atoms. The van der Waals surface area contributed by atoms with Crippen molar-refractivity contribution in [1.29, 1.82) is 0 Å². The van der Waals surface area contributed by atoms with Gasteiger partial charge >= 0.3 is 12.1 Å². The van der Waals surface area contributed by atoms with Crippen LogP contribution in [-0.4, -0.2) is 54.7 Å². The summed E-state index contributed by atoms with van der Waals surface area (Å²) in [5.41, 5.74) is -0.327. The lowest BCUT2D eigenvalue weighted by molar-refractivity contribution is -0.147. The molecule has 0 saturated carbocycles. The number of hydrogen-bond acceptors (Lipinski definition) is 6. The Bertz CT molecular complexity index is 727. The molecule has 27 heavy (non-hydrogen) atoms. The highest BCUT2D eigenvalue weighted by atomic mass is 79.9. The van der Waals surface area contributed by atoms with Gasteiger partial charge in [0.05, 0.1) is 12.7 Å². The van der Waals surface area contributed by atoms with Crippen molar-refractivity contribution < 1.29 is 28.6 Å². The van der Waals surface area contributed by atoms with E-state index in [-0.39, 0.29) is 5.78 Å². The lowest BCUT2D eigenvalue weighted by Crippen LogP contribution is -2.44. The van der Waals surface area contributed by atoms with Gasteiger partial charge in [0.1, 0.15) is 17.4 Å². The molecule has 7 nitrogen and oxygen atoms in total. The van der Waals surface area contributed by atoms with Crippen LogP contribution in [0.1, 0.15) is 44.0 Å². The van der Waals surface area contributed by atoms with Gasteiger partial charge in [-0.2, -0.15) is 0 Å². The molecule has 0 N–H and O–H groups in total. The van der Waals surface area contributed by atoms with Crippen LogP contribution in [-0.2, 0) is 14.3 Å². The maximum Gasteiger partial charge on any atom is 0.411 e. The zero-order chi connectivity index (χ0) is 20.2. The van der Waals surface area contributed by atoms with Gasteiger partial charge in [0.25, 0.3) is 0 Å². The quantitative estimate of drug-likeness (QED) is 0.512. The second-order valence-corrected chi connectivity index (χ2v) is 8.12. The van der Waals surface area contributed by atoms with Crippen LogP contribution in [0.3, 0.4) is 0 Å². The Kier molecular flexibility index (Phi) is 6.86. The van der Waals surface area contributed by atoms with Gasteiger partial charge in [-0.1, -0.05) is 15.9 Å². The molecule has 1 fully saturated rings. The van der Waals surface area contributed by atoms with E-state index in [1.807, 2.05) is 0 Å². The molecular formula is C19H24BrNO6. The lowest BCUT2D eigenvalue weighted by atomic mass is 10.1. The molecule has 148 valence electrons. The molecule has 1 amide bonds. The van der Waals surface area contributed by atoms with Crippen molar-refractivity contribution in [2.24, 2.45) is 0 Å². The number of nitrogens with zero attached hydrogens (tertiary/aromatic N) is 1. The van der Waals surface area contributed by atoms with Crippen LogP contribution >= 0.6 is 15.9 Å². The number of rotatable bonds is 5. The highest BCUT2D eigenvalue weighted by molar-refractivity contribution is 9.10.